The van der Waals surface area contributed by atoms with E-state index in [0.29, 0.717) is 0 Å². The Labute approximate surface area is 99.2 Å². The summed E-state index contributed by atoms with van der Waals surface area (Å²) in [4.78, 5) is 0. The fraction of sp³-hybridized carbons (Fsp3) is 0.923. The van der Waals surface area contributed by atoms with Crippen molar-refractivity contribution in [2.45, 2.75) is 52.1 Å². The Morgan fingerprint density at radius 1 is 1.50 bits per heavy atom. The third-order valence-corrected chi connectivity index (χ3v) is 3.26. The lowest BCUT2D eigenvalue weighted by Gasteiger charge is -2.34. The predicted octanol–water partition coefficient (Wildman–Crippen LogP) is 2.48. The molecule has 0 aromatic rings. The van der Waals surface area contributed by atoms with Gasteiger partial charge in [0.2, 0.25) is 0 Å². The van der Waals surface area contributed by atoms with E-state index in [0.717, 1.165) is 39.0 Å². The molecular formula is C13H24N2O. The highest BCUT2D eigenvalue weighted by molar-refractivity contribution is 4.91. The van der Waals surface area contributed by atoms with Crippen LogP contribution in [0, 0.1) is 16.7 Å². The first-order chi connectivity index (χ1) is 7.47. The van der Waals surface area contributed by atoms with Crippen molar-refractivity contribution in [3.8, 4) is 6.07 Å². The van der Waals surface area contributed by atoms with Crippen LogP contribution in [0.15, 0.2) is 0 Å². The van der Waals surface area contributed by atoms with Gasteiger partial charge in [0, 0.05) is 13.2 Å². The van der Waals surface area contributed by atoms with Crippen molar-refractivity contribution in [2.24, 2.45) is 5.41 Å². The Hall–Kier alpha value is -0.590. The number of hydrogen-bond acceptors (Lipinski definition) is 3. The smallest absolute Gasteiger partial charge is 0.0778 e. The fourth-order valence-electron chi connectivity index (χ4n) is 2.04. The van der Waals surface area contributed by atoms with E-state index in [1.807, 2.05) is 13.8 Å². The molecule has 1 aliphatic heterocycles. The van der Waals surface area contributed by atoms with Gasteiger partial charge in [-0.2, -0.15) is 5.26 Å². The molecule has 3 nitrogen and oxygen atoms in total. The first kappa shape index (κ1) is 13.5. The molecule has 1 atom stereocenters. The quantitative estimate of drug-likeness (QED) is 0.730. The van der Waals surface area contributed by atoms with E-state index in [-0.39, 0.29) is 11.0 Å². The number of nitriles is 1. The van der Waals surface area contributed by atoms with Crippen LogP contribution in [-0.2, 0) is 4.74 Å². The lowest BCUT2D eigenvalue weighted by atomic mass is 9.90. The van der Waals surface area contributed by atoms with Gasteiger partial charge in [0.15, 0.2) is 0 Å². The summed E-state index contributed by atoms with van der Waals surface area (Å²) in [6, 6.07) is 2.32. The standard InChI is InChI=1S/C13H24N2O/c1-12(2,10-14)6-5-9-16-13(3)7-4-8-15-11-13/h15H,4-9,11H2,1-3H3. The van der Waals surface area contributed by atoms with E-state index < -0.39 is 0 Å². The van der Waals surface area contributed by atoms with Crippen LogP contribution in [0.2, 0.25) is 0 Å². The summed E-state index contributed by atoms with van der Waals surface area (Å²) < 4.78 is 5.94. The third-order valence-electron chi connectivity index (χ3n) is 3.26. The van der Waals surface area contributed by atoms with Crippen LogP contribution >= 0.6 is 0 Å². The number of nitrogens with one attached hydrogen (secondary N) is 1. The van der Waals surface area contributed by atoms with Gasteiger partial charge < -0.3 is 10.1 Å². The molecule has 16 heavy (non-hydrogen) atoms. The van der Waals surface area contributed by atoms with E-state index >= 15 is 0 Å². The number of hydrogen-bond donors (Lipinski definition) is 1. The van der Waals surface area contributed by atoms with E-state index in [2.05, 4.69) is 18.3 Å². The molecule has 1 heterocycles. The van der Waals surface area contributed by atoms with E-state index in [4.69, 9.17) is 10.00 Å². The zero-order valence-electron chi connectivity index (χ0n) is 10.8. The monoisotopic (exact) mass is 224 g/mol. The zero-order valence-corrected chi connectivity index (χ0v) is 10.8. The molecule has 1 unspecified atom stereocenters. The summed E-state index contributed by atoms with van der Waals surface area (Å²) >= 11 is 0. The van der Waals surface area contributed by atoms with Gasteiger partial charge in [-0.15, -0.1) is 0 Å². The summed E-state index contributed by atoms with van der Waals surface area (Å²) in [6.07, 6.45) is 4.21. The van der Waals surface area contributed by atoms with Gasteiger partial charge in [0.05, 0.1) is 17.1 Å². The van der Waals surface area contributed by atoms with Crippen molar-refractivity contribution in [1.82, 2.24) is 5.32 Å². The van der Waals surface area contributed by atoms with Crippen molar-refractivity contribution in [3.63, 3.8) is 0 Å². The molecule has 0 aromatic heterocycles. The molecule has 0 aliphatic carbocycles. The third kappa shape index (κ3) is 4.51. The molecule has 0 aromatic carbocycles. The maximum atomic E-state index is 8.89. The Morgan fingerprint density at radius 3 is 2.81 bits per heavy atom. The Morgan fingerprint density at radius 2 is 2.25 bits per heavy atom. The molecule has 1 saturated heterocycles. The number of rotatable bonds is 5. The van der Waals surface area contributed by atoms with Gasteiger partial charge in [-0.3, -0.25) is 0 Å². The topological polar surface area (TPSA) is 45.0 Å². The average Bonchev–Trinajstić information content (AvgIpc) is 2.26. The van der Waals surface area contributed by atoms with Crippen molar-refractivity contribution in [1.29, 1.82) is 5.26 Å². The highest BCUT2D eigenvalue weighted by Crippen LogP contribution is 2.23. The molecule has 1 N–H and O–H groups in total. The van der Waals surface area contributed by atoms with Crippen molar-refractivity contribution in [3.05, 3.63) is 0 Å². The van der Waals surface area contributed by atoms with Crippen LogP contribution < -0.4 is 5.32 Å². The van der Waals surface area contributed by atoms with Crippen LogP contribution in [0.1, 0.15) is 46.5 Å². The maximum absolute atomic E-state index is 8.89. The van der Waals surface area contributed by atoms with Crippen LogP contribution in [-0.4, -0.2) is 25.3 Å². The summed E-state index contributed by atoms with van der Waals surface area (Å²) in [7, 11) is 0. The molecule has 0 spiro atoms. The molecule has 0 radical (unpaired) electrons. The Bertz CT molecular complexity index is 249. The second kappa shape index (κ2) is 5.65. The van der Waals surface area contributed by atoms with Gasteiger partial charge in [0.25, 0.3) is 0 Å². The lowest BCUT2D eigenvalue weighted by Crippen LogP contribution is -2.45. The van der Waals surface area contributed by atoms with Crippen LogP contribution in [0.4, 0.5) is 0 Å². The van der Waals surface area contributed by atoms with Crippen LogP contribution in [0.3, 0.4) is 0 Å². The zero-order chi connectivity index (χ0) is 12.1. The van der Waals surface area contributed by atoms with Crippen molar-refractivity contribution in [2.75, 3.05) is 19.7 Å². The molecular weight excluding hydrogens is 200 g/mol. The minimum atomic E-state index is -0.213. The van der Waals surface area contributed by atoms with Gasteiger partial charge in [-0.05, 0) is 53.0 Å². The molecule has 1 rings (SSSR count). The number of ether oxygens (including phenoxy) is 1. The van der Waals surface area contributed by atoms with Gasteiger partial charge in [0.1, 0.15) is 0 Å². The Balaban J connectivity index is 2.18. The molecule has 1 aliphatic rings. The molecule has 1 fully saturated rings. The molecule has 3 heteroatoms. The minimum Gasteiger partial charge on any atom is -0.374 e. The van der Waals surface area contributed by atoms with Crippen LogP contribution in [0.25, 0.3) is 0 Å². The minimum absolute atomic E-state index is 0.00896. The second-order valence-corrected chi connectivity index (χ2v) is 5.68. The first-order valence-corrected chi connectivity index (χ1v) is 6.23. The molecule has 92 valence electrons. The highest BCUT2D eigenvalue weighted by Gasteiger charge is 2.27. The highest BCUT2D eigenvalue weighted by atomic mass is 16.5. The van der Waals surface area contributed by atoms with Crippen molar-refractivity contribution >= 4 is 0 Å². The summed E-state index contributed by atoms with van der Waals surface area (Å²) in [5.74, 6) is 0. The molecule has 0 saturated carbocycles. The van der Waals surface area contributed by atoms with Gasteiger partial charge in [-0.25, -0.2) is 0 Å². The Kier molecular flexibility index (Phi) is 4.76. The average molecular weight is 224 g/mol. The summed E-state index contributed by atoms with van der Waals surface area (Å²) in [5, 5.41) is 12.3. The van der Waals surface area contributed by atoms with E-state index in [1.54, 1.807) is 0 Å². The SMILES string of the molecule is CC(C)(C#N)CCCOC1(C)CCCNC1. The molecule has 0 bridgehead atoms. The summed E-state index contributed by atoms with van der Waals surface area (Å²) in [6.45, 7) is 8.97. The second-order valence-electron chi connectivity index (χ2n) is 5.68. The molecule has 0 amide bonds. The van der Waals surface area contributed by atoms with E-state index in [1.165, 1.54) is 6.42 Å². The first-order valence-electron chi connectivity index (χ1n) is 6.23. The van der Waals surface area contributed by atoms with Gasteiger partial charge >= 0.3 is 0 Å². The lowest BCUT2D eigenvalue weighted by molar-refractivity contribution is -0.0490. The van der Waals surface area contributed by atoms with Gasteiger partial charge in [-0.1, -0.05) is 0 Å². The number of piperidine rings is 1. The van der Waals surface area contributed by atoms with E-state index in [9.17, 15) is 0 Å². The normalized spacial score (nSPS) is 26.4. The fourth-order valence-corrected chi connectivity index (χ4v) is 2.04. The summed E-state index contributed by atoms with van der Waals surface area (Å²) in [5.41, 5.74) is -0.204. The van der Waals surface area contributed by atoms with Crippen LogP contribution in [0.5, 0.6) is 0 Å². The maximum Gasteiger partial charge on any atom is 0.0778 e. The predicted molar refractivity (Wildman–Crippen MR) is 65.1 cm³/mol. The largest absolute Gasteiger partial charge is 0.374 e. The van der Waals surface area contributed by atoms with Crippen molar-refractivity contribution < 1.29 is 4.74 Å². The number of nitrogens with zero attached hydrogens (tertiary/aromatic N) is 1.